The summed E-state index contributed by atoms with van der Waals surface area (Å²) in [6.45, 7) is 6.41. The molecule has 0 aromatic carbocycles. The minimum atomic E-state index is -1.02. The molecule has 1 saturated heterocycles. The van der Waals surface area contributed by atoms with E-state index >= 15 is 0 Å². The lowest BCUT2D eigenvalue weighted by Crippen LogP contribution is -2.31. The number of rotatable bonds is 1. The van der Waals surface area contributed by atoms with Crippen LogP contribution < -0.4 is 0 Å². The lowest BCUT2D eigenvalue weighted by atomic mass is 10.2. The lowest BCUT2D eigenvalue weighted by molar-refractivity contribution is -0.120. The van der Waals surface area contributed by atoms with Crippen molar-refractivity contribution in [1.82, 2.24) is 4.90 Å². The summed E-state index contributed by atoms with van der Waals surface area (Å²) in [7, 11) is 1.04. The van der Waals surface area contributed by atoms with E-state index in [1.165, 1.54) is 6.17 Å². The highest BCUT2D eigenvalue weighted by atomic mass is 28.3. The number of carbonyl (C=O) groups excluding carboxylic acids is 1. The molecule has 0 saturated carbocycles. The zero-order valence-corrected chi connectivity index (χ0v) is 8.85. The molecule has 0 aromatic heterocycles. The molecule has 0 N–H and O–H groups in total. The van der Waals surface area contributed by atoms with E-state index in [9.17, 15) is 4.79 Å². The van der Waals surface area contributed by atoms with Crippen molar-refractivity contribution in [3.63, 3.8) is 0 Å². The minimum absolute atomic E-state index is 0.233. The topological polar surface area (TPSA) is 20.3 Å². The molecule has 0 aromatic rings. The Hall–Kier alpha value is -0.153. The number of nitrogens with zero attached hydrogens (tertiary/aromatic N) is 1. The second kappa shape index (κ2) is 2.72. The Labute approximate surface area is 69.6 Å². The van der Waals surface area contributed by atoms with E-state index in [1.807, 2.05) is 0 Å². The summed E-state index contributed by atoms with van der Waals surface area (Å²) >= 11 is 0. The van der Waals surface area contributed by atoms with E-state index in [1.54, 1.807) is 6.92 Å². The predicted octanol–water partition coefficient (Wildman–Crippen LogP) is 1.14. The van der Waals surface area contributed by atoms with Crippen LogP contribution in [0.25, 0.3) is 0 Å². The van der Waals surface area contributed by atoms with Gasteiger partial charge in [-0.2, -0.15) is 0 Å². The van der Waals surface area contributed by atoms with E-state index in [0.29, 0.717) is 5.78 Å². The van der Waals surface area contributed by atoms with Crippen molar-refractivity contribution in [2.75, 3.05) is 13.2 Å². The zero-order chi connectivity index (χ0) is 8.65. The van der Waals surface area contributed by atoms with Crippen molar-refractivity contribution in [2.24, 2.45) is 0 Å². The molecule has 0 radical (unpaired) electrons. The van der Waals surface area contributed by atoms with E-state index in [0.717, 1.165) is 6.04 Å². The first-order chi connectivity index (χ1) is 4.92. The highest BCUT2D eigenvalue weighted by Gasteiger charge is 2.38. The summed E-state index contributed by atoms with van der Waals surface area (Å²) in [4.78, 5) is 13.3. The average Bonchev–Trinajstić information content (AvgIpc) is 2.05. The zero-order valence-electron chi connectivity index (χ0n) is 7.85. The van der Waals surface area contributed by atoms with Gasteiger partial charge in [0.25, 0.3) is 0 Å². The molecule has 64 valence electrons. The monoisotopic (exact) mass is 171 g/mol. The van der Waals surface area contributed by atoms with Crippen molar-refractivity contribution >= 4 is 13.9 Å². The van der Waals surface area contributed by atoms with E-state index in [2.05, 4.69) is 25.0 Å². The second-order valence-corrected chi connectivity index (χ2v) is 9.46. The molecule has 1 heterocycles. The summed E-state index contributed by atoms with van der Waals surface area (Å²) in [6.07, 6.45) is 1.18. The van der Waals surface area contributed by atoms with E-state index in [-0.39, 0.29) is 6.04 Å². The van der Waals surface area contributed by atoms with Gasteiger partial charge in [0.05, 0.1) is 14.1 Å². The molecule has 1 rings (SSSR count). The molecular formula is C8H17NOSi. The SMILES string of the molecule is CC(=O)C1C[Si](C)(C)CN1C. The summed E-state index contributed by atoms with van der Waals surface area (Å²) in [6, 6.07) is 1.38. The molecule has 1 unspecified atom stereocenters. The fourth-order valence-electron chi connectivity index (χ4n) is 1.98. The van der Waals surface area contributed by atoms with Gasteiger partial charge in [0, 0.05) is 0 Å². The largest absolute Gasteiger partial charge is 0.300 e. The Bertz CT molecular complexity index is 179. The standard InChI is InChI=1S/C8H17NOSi/c1-7(10)8-5-11(3,4)6-9(8)2/h8H,5-6H2,1-4H3. The molecule has 0 bridgehead atoms. The number of Topliss-reactive ketones (excluding diaryl/α,β-unsaturated/α-hetero) is 1. The van der Waals surface area contributed by atoms with Gasteiger partial charge in [-0.05, 0) is 26.2 Å². The summed E-state index contributed by atoms with van der Waals surface area (Å²) in [5.41, 5.74) is 0. The van der Waals surface area contributed by atoms with Crippen molar-refractivity contribution < 1.29 is 4.79 Å². The number of likely N-dealkylation sites (N-methyl/N-ethyl adjacent to an activating group) is 1. The third-order valence-electron chi connectivity index (χ3n) is 2.42. The second-order valence-electron chi connectivity index (χ2n) is 4.41. The molecule has 0 aliphatic carbocycles. The summed E-state index contributed by atoms with van der Waals surface area (Å²) < 4.78 is 0. The van der Waals surface area contributed by atoms with Crippen LogP contribution >= 0.6 is 0 Å². The number of ketones is 1. The number of carbonyl (C=O) groups is 1. The quantitative estimate of drug-likeness (QED) is 0.551. The highest BCUT2D eigenvalue weighted by molar-refractivity contribution is 6.78. The Morgan fingerprint density at radius 3 is 2.27 bits per heavy atom. The summed E-state index contributed by atoms with van der Waals surface area (Å²) in [5.74, 6) is 0.338. The van der Waals surface area contributed by atoms with Gasteiger partial charge in [-0.1, -0.05) is 13.1 Å². The maximum atomic E-state index is 11.1. The third kappa shape index (κ3) is 1.90. The van der Waals surface area contributed by atoms with Crippen molar-refractivity contribution in [2.45, 2.75) is 32.1 Å². The van der Waals surface area contributed by atoms with Gasteiger partial charge in [-0.25, -0.2) is 0 Å². The molecule has 1 fully saturated rings. The van der Waals surface area contributed by atoms with Gasteiger partial charge in [-0.3, -0.25) is 9.69 Å². The van der Waals surface area contributed by atoms with Crippen LogP contribution in [0.1, 0.15) is 6.92 Å². The van der Waals surface area contributed by atoms with Crippen molar-refractivity contribution in [3.8, 4) is 0 Å². The first kappa shape index (κ1) is 8.94. The van der Waals surface area contributed by atoms with E-state index < -0.39 is 8.07 Å². The van der Waals surface area contributed by atoms with Crippen LogP contribution in [0.4, 0.5) is 0 Å². The van der Waals surface area contributed by atoms with Gasteiger partial charge >= 0.3 is 0 Å². The van der Waals surface area contributed by atoms with Gasteiger partial charge in [-0.15, -0.1) is 0 Å². The Morgan fingerprint density at radius 1 is 1.55 bits per heavy atom. The van der Waals surface area contributed by atoms with Crippen LogP contribution in [0, 0.1) is 0 Å². The van der Waals surface area contributed by atoms with Crippen LogP contribution in [0.15, 0.2) is 0 Å². The van der Waals surface area contributed by atoms with E-state index in [4.69, 9.17) is 0 Å². The molecule has 3 heteroatoms. The van der Waals surface area contributed by atoms with Gasteiger partial charge in [0.2, 0.25) is 0 Å². The van der Waals surface area contributed by atoms with Gasteiger partial charge in [0.1, 0.15) is 5.78 Å². The molecule has 11 heavy (non-hydrogen) atoms. The maximum Gasteiger partial charge on any atom is 0.146 e. The number of hydrogen-bond acceptors (Lipinski definition) is 2. The molecular weight excluding hydrogens is 154 g/mol. The Balaban J connectivity index is 2.66. The smallest absolute Gasteiger partial charge is 0.146 e. The maximum absolute atomic E-state index is 11.1. The molecule has 1 aliphatic heterocycles. The minimum Gasteiger partial charge on any atom is -0.300 e. The van der Waals surface area contributed by atoms with Crippen LogP contribution in [-0.4, -0.2) is 38.0 Å². The molecule has 0 amide bonds. The van der Waals surface area contributed by atoms with Crippen molar-refractivity contribution in [1.29, 1.82) is 0 Å². The number of hydrogen-bond donors (Lipinski definition) is 0. The summed E-state index contributed by atoms with van der Waals surface area (Å²) in [5, 5.41) is 0. The van der Waals surface area contributed by atoms with Gasteiger partial charge in [0.15, 0.2) is 0 Å². The van der Waals surface area contributed by atoms with Crippen molar-refractivity contribution in [3.05, 3.63) is 0 Å². The molecule has 1 atom stereocenters. The van der Waals surface area contributed by atoms with Crippen LogP contribution in [0.3, 0.4) is 0 Å². The fraction of sp³-hybridized carbons (Fsp3) is 0.875. The third-order valence-corrected chi connectivity index (χ3v) is 5.27. The van der Waals surface area contributed by atoms with Crippen LogP contribution in [-0.2, 0) is 4.79 Å². The first-order valence-corrected chi connectivity index (χ1v) is 7.54. The normalized spacial score (nSPS) is 30.7. The highest BCUT2D eigenvalue weighted by Crippen LogP contribution is 2.25. The van der Waals surface area contributed by atoms with Gasteiger partial charge < -0.3 is 0 Å². The molecule has 1 aliphatic rings. The average molecular weight is 171 g/mol. The first-order valence-electron chi connectivity index (χ1n) is 4.13. The lowest BCUT2D eigenvalue weighted by Gasteiger charge is -2.15. The molecule has 0 spiro atoms. The predicted molar refractivity (Wildman–Crippen MR) is 49.4 cm³/mol. The Kier molecular flexibility index (Phi) is 2.21. The van der Waals surface area contributed by atoms with Crippen LogP contribution in [0.5, 0.6) is 0 Å². The van der Waals surface area contributed by atoms with Crippen LogP contribution in [0.2, 0.25) is 19.1 Å². The fourth-order valence-corrected chi connectivity index (χ4v) is 5.33. The molecule has 2 nitrogen and oxygen atoms in total. The Morgan fingerprint density at radius 2 is 2.09 bits per heavy atom.